The molecule has 96 valence electrons. The van der Waals surface area contributed by atoms with Crippen LogP contribution in [0.2, 0.25) is 0 Å². The lowest BCUT2D eigenvalue weighted by molar-refractivity contribution is 0.563. The first-order chi connectivity index (χ1) is 8.58. The lowest BCUT2D eigenvalue weighted by atomic mass is 10.1. The van der Waals surface area contributed by atoms with Crippen molar-refractivity contribution in [1.29, 1.82) is 0 Å². The van der Waals surface area contributed by atoms with E-state index in [1.54, 1.807) is 18.6 Å². The highest BCUT2D eigenvalue weighted by Crippen LogP contribution is 2.23. The van der Waals surface area contributed by atoms with E-state index in [4.69, 9.17) is 10.2 Å². The predicted molar refractivity (Wildman–Crippen MR) is 69.8 cm³/mol. The highest BCUT2D eigenvalue weighted by atomic mass is 19.1. The molecule has 1 unspecified atom stereocenters. The first-order valence-electron chi connectivity index (χ1n) is 5.85. The van der Waals surface area contributed by atoms with E-state index in [9.17, 15) is 4.39 Å². The van der Waals surface area contributed by atoms with Crippen molar-refractivity contribution in [3.8, 4) is 0 Å². The van der Waals surface area contributed by atoms with Crippen molar-refractivity contribution in [1.82, 2.24) is 0 Å². The summed E-state index contributed by atoms with van der Waals surface area (Å²) in [6.45, 7) is 2.44. The van der Waals surface area contributed by atoms with Gasteiger partial charge in [-0.05, 0) is 30.7 Å². The SMILES string of the molecule is CC(N)c1ccc(N(C)Cc2ccoc2)c(F)c1. The normalized spacial score (nSPS) is 12.4. The molecule has 1 atom stereocenters. The lowest BCUT2D eigenvalue weighted by Crippen LogP contribution is -2.17. The molecule has 0 radical (unpaired) electrons. The second kappa shape index (κ2) is 5.23. The highest BCUT2D eigenvalue weighted by molar-refractivity contribution is 5.49. The summed E-state index contributed by atoms with van der Waals surface area (Å²) >= 11 is 0. The van der Waals surface area contributed by atoms with E-state index in [1.165, 1.54) is 6.07 Å². The molecule has 18 heavy (non-hydrogen) atoms. The molecule has 3 nitrogen and oxygen atoms in total. The lowest BCUT2D eigenvalue weighted by Gasteiger charge is -2.20. The average Bonchev–Trinajstić information content (AvgIpc) is 2.81. The van der Waals surface area contributed by atoms with Crippen molar-refractivity contribution >= 4 is 5.69 Å². The summed E-state index contributed by atoms with van der Waals surface area (Å²) in [4.78, 5) is 1.84. The number of furan rings is 1. The van der Waals surface area contributed by atoms with Gasteiger partial charge in [-0.25, -0.2) is 4.39 Å². The predicted octanol–water partition coefficient (Wildman–Crippen LogP) is 3.07. The Balaban J connectivity index is 2.17. The molecule has 2 N–H and O–H groups in total. The summed E-state index contributed by atoms with van der Waals surface area (Å²) < 4.78 is 19.0. The van der Waals surface area contributed by atoms with Crippen LogP contribution < -0.4 is 10.6 Å². The topological polar surface area (TPSA) is 42.4 Å². The fourth-order valence-corrected chi connectivity index (χ4v) is 1.86. The molecule has 0 amide bonds. The van der Waals surface area contributed by atoms with Gasteiger partial charge < -0.3 is 15.1 Å². The maximum absolute atomic E-state index is 14.0. The Hall–Kier alpha value is -1.81. The van der Waals surface area contributed by atoms with E-state index in [-0.39, 0.29) is 11.9 Å². The van der Waals surface area contributed by atoms with E-state index in [0.29, 0.717) is 12.2 Å². The van der Waals surface area contributed by atoms with Gasteiger partial charge in [-0.3, -0.25) is 0 Å². The zero-order chi connectivity index (χ0) is 13.1. The third kappa shape index (κ3) is 2.71. The number of nitrogens with zero attached hydrogens (tertiary/aromatic N) is 1. The van der Waals surface area contributed by atoms with Crippen LogP contribution in [0, 0.1) is 5.82 Å². The summed E-state index contributed by atoms with van der Waals surface area (Å²) in [7, 11) is 1.84. The van der Waals surface area contributed by atoms with Gasteiger partial charge in [0.25, 0.3) is 0 Å². The molecular formula is C14H17FN2O. The van der Waals surface area contributed by atoms with E-state index in [1.807, 2.05) is 31.0 Å². The first-order valence-corrected chi connectivity index (χ1v) is 5.85. The molecule has 2 aromatic rings. The molecule has 0 spiro atoms. The molecule has 0 aliphatic heterocycles. The number of hydrogen-bond acceptors (Lipinski definition) is 3. The molecule has 0 saturated heterocycles. The molecular weight excluding hydrogens is 231 g/mol. The van der Waals surface area contributed by atoms with Crippen LogP contribution >= 0.6 is 0 Å². The Morgan fingerprint density at radius 1 is 1.39 bits per heavy atom. The van der Waals surface area contributed by atoms with Crippen LogP contribution in [0.4, 0.5) is 10.1 Å². The summed E-state index contributed by atoms with van der Waals surface area (Å²) in [5.74, 6) is -0.254. The average molecular weight is 248 g/mol. The number of anilines is 1. The van der Waals surface area contributed by atoms with Crippen molar-refractivity contribution in [2.24, 2.45) is 5.73 Å². The van der Waals surface area contributed by atoms with Crippen LogP contribution in [0.3, 0.4) is 0 Å². The maximum atomic E-state index is 14.0. The van der Waals surface area contributed by atoms with Crippen molar-refractivity contribution < 1.29 is 8.81 Å². The molecule has 1 heterocycles. The Kier molecular flexibility index (Phi) is 3.67. The minimum atomic E-state index is -0.254. The number of nitrogens with two attached hydrogens (primary N) is 1. The van der Waals surface area contributed by atoms with Crippen molar-refractivity contribution in [3.63, 3.8) is 0 Å². The standard InChI is InChI=1S/C14H17FN2O/c1-10(16)12-3-4-14(13(15)7-12)17(2)8-11-5-6-18-9-11/h3-7,9-10H,8,16H2,1-2H3. The number of rotatable bonds is 4. The van der Waals surface area contributed by atoms with Crippen molar-refractivity contribution in [2.45, 2.75) is 19.5 Å². The maximum Gasteiger partial charge on any atom is 0.146 e. The molecule has 4 heteroatoms. The van der Waals surface area contributed by atoms with E-state index in [0.717, 1.165) is 11.1 Å². The van der Waals surface area contributed by atoms with Gasteiger partial charge >= 0.3 is 0 Å². The van der Waals surface area contributed by atoms with Crippen LogP contribution in [-0.4, -0.2) is 7.05 Å². The molecule has 1 aromatic heterocycles. The molecule has 0 fully saturated rings. The second-order valence-electron chi connectivity index (χ2n) is 4.49. The van der Waals surface area contributed by atoms with Crippen molar-refractivity contribution in [3.05, 3.63) is 53.7 Å². The summed E-state index contributed by atoms with van der Waals surface area (Å²) in [5, 5.41) is 0. The fraction of sp³-hybridized carbons (Fsp3) is 0.286. The van der Waals surface area contributed by atoms with Crippen LogP contribution in [0.25, 0.3) is 0 Å². The molecule has 0 aliphatic rings. The van der Waals surface area contributed by atoms with Crippen molar-refractivity contribution in [2.75, 3.05) is 11.9 Å². The Morgan fingerprint density at radius 3 is 2.72 bits per heavy atom. The Morgan fingerprint density at radius 2 is 2.17 bits per heavy atom. The zero-order valence-corrected chi connectivity index (χ0v) is 10.6. The largest absolute Gasteiger partial charge is 0.472 e. The minimum absolute atomic E-state index is 0.160. The fourth-order valence-electron chi connectivity index (χ4n) is 1.86. The van der Waals surface area contributed by atoms with Gasteiger partial charge in [0.1, 0.15) is 5.82 Å². The highest BCUT2D eigenvalue weighted by Gasteiger charge is 2.10. The summed E-state index contributed by atoms with van der Waals surface area (Å²) in [6, 6.07) is 6.81. The Bertz CT molecular complexity index is 509. The summed E-state index contributed by atoms with van der Waals surface area (Å²) in [5.41, 5.74) is 8.09. The van der Waals surface area contributed by atoms with Gasteiger partial charge in [-0.1, -0.05) is 6.07 Å². The van der Waals surface area contributed by atoms with Crippen LogP contribution in [0.15, 0.2) is 41.2 Å². The van der Waals surface area contributed by atoms with Crippen LogP contribution in [0.5, 0.6) is 0 Å². The quantitative estimate of drug-likeness (QED) is 0.904. The smallest absolute Gasteiger partial charge is 0.146 e. The van der Waals surface area contributed by atoms with Gasteiger partial charge in [0, 0.05) is 25.2 Å². The minimum Gasteiger partial charge on any atom is -0.472 e. The van der Waals surface area contributed by atoms with E-state index < -0.39 is 0 Å². The number of halogens is 1. The second-order valence-corrected chi connectivity index (χ2v) is 4.49. The number of hydrogen-bond donors (Lipinski definition) is 1. The van der Waals surface area contributed by atoms with Crippen LogP contribution in [0.1, 0.15) is 24.1 Å². The zero-order valence-electron chi connectivity index (χ0n) is 10.6. The molecule has 0 bridgehead atoms. The third-order valence-electron chi connectivity index (χ3n) is 2.91. The first kappa shape index (κ1) is 12.6. The van der Waals surface area contributed by atoms with E-state index in [2.05, 4.69) is 0 Å². The molecule has 2 rings (SSSR count). The Labute approximate surface area is 106 Å². The monoisotopic (exact) mass is 248 g/mol. The molecule has 0 saturated carbocycles. The number of benzene rings is 1. The van der Waals surface area contributed by atoms with Gasteiger partial charge in [-0.2, -0.15) is 0 Å². The van der Waals surface area contributed by atoms with Gasteiger partial charge in [0.2, 0.25) is 0 Å². The van der Waals surface area contributed by atoms with Gasteiger partial charge in [-0.15, -0.1) is 0 Å². The van der Waals surface area contributed by atoms with E-state index >= 15 is 0 Å². The third-order valence-corrected chi connectivity index (χ3v) is 2.91. The molecule has 1 aromatic carbocycles. The van der Waals surface area contributed by atoms with Gasteiger partial charge in [0.15, 0.2) is 0 Å². The van der Waals surface area contributed by atoms with Crippen LogP contribution in [-0.2, 0) is 6.54 Å². The summed E-state index contributed by atoms with van der Waals surface area (Å²) in [6.07, 6.45) is 3.27. The molecule has 0 aliphatic carbocycles. The van der Waals surface area contributed by atoms with Gasteiger partial charge in [0.05, 0.1) is 18.2 Å².